The van der Waals surface area contributed by atoms with Gasteiger partial charge in [-0.3, -0.25) is 0 Å². The molecule has 0 bridgehead atoms. The molecule has 4 rings (SSSR count). The van der Waals surface area contributed by atoms with Crippen LogP contribution >= 0.6 is 0 Å². The Morgan fingerprint density at radius 1 is 1.23 bits per heavy atom. The lowest BCUT2D eigenvalue weighted by Gasteiger charge is -2.23. The van der Waals surface area contributed by atoms with Gasteiger partial charge in [0.1, 0.15) is 0 Å². The number of hydrogen-bond donors (Lipinski definition) is 1. The second-order valence-electron chi connectivity index (χ2n) is 6.97. The topological polar surface area (TPSA) is 84.4 Å². The van der Waals surface area contributed by atoms with Crippen molar-refractivity contribution in [2.75, 3.05) is 25.0 Å². The number of rotatable bonds is 4. The molecule has 2 fully saturated rings. The molecule has 1 aromatic carbocycles. The molecule has 2 atom stereocenters. The summed E-state index contributed by atoms with van der Waals surface area (Å²) in [6.45, 7) is 3.21. The molecular formula is C18H22N4O3S. The Balaban J connectivity index is 1.46. The van der Waals surface area contributed by atoms with Gasteiger partial charge in [0.2, 0.25) is 16.0 Å². The van der Waals surface area contributed by atoms with E-state index in [2.05, 4.69) is 15.3 Å². The van der Waals surface area contributed by atoms with E-state index in [1.54, 1.807) is 34.9 Å². The largest absolute Gasteiger partial charge is 0.371 e. The minimum atomic E-state index is -3.50. The van der Waals surface area contributed by atoms with Crippen molar-refractivity contribution in [1.29, 1.82) is 0 Å². The number of nitrogens with one attached hydrogen (secondary N) is 1. The van der Waals surface area contributed by atoms with E-state index in [9.17, 15) is 8.42 Å². The summed E-state index contributed by atoms with van der Waals surface area (Å²) >= 11 is 0. The fourth-order valence-corrected chi connectivity index (χ4v) is 5.52. The van der Waals surface area contributed by atoms with E-state index in [0.29, 0.717) is 37.0 Å². The van der Waals surface area contributed by atoms with Gasteiger partial charge in [0, 0.05) is 31.9 Å². The van der Waals surface area contributed by atoms with E-state index in [4.69, 9.17) is 4.74 Å². The highest BCUT2D eigenvalue weighted by atomic mass is 32.2. The molecule has 7 nitrogen and oxygen atoms in total. The number of benzene rings is 1. The molecule has 0 saturated carbocycles. The molecule has 1 spiro atoms. The van der Waals surface area contributed by atoms with Crippen molar-refractivity contribution in [3.05, 3.63) is 48.3 Å². The van der Waals surface area contributed by atoms with Crippen LogP contribution in [0, 0.1) is 6.92 Å². The normalized spacial score (nSPS) is 26.4. The van der Waals surface area contributed by atoms with Crippen LogP contribution in [0.2, 0.25) is 0 Å². The highest BCUT2D eigenvalue weighted by molar-refractivity contribution is 7.89. The zero-order chi connectivity index (χ0) is 18.2. The highest BCUT2D eigenvalue weighted by Gasteiger charge is 2.48. The molecule has 8 heteroatoms. The van der Waals surface area contributed by atoms with Gasteiger partial charge in [-0.05, 0) is 31.0 Å². The molecule has 26 heavy (non-hydrogen) atoms. The summed E-state index contributed by atoms with van der Waals surface area (Å²) < 4.78 is 33.6. The van der Waals surface area contributed by atoms with Crippen molar-refractivity contribution >= 4 is 16.0 Å². The van der Waals surface area contributed by atoms with Gasteiger partial charge in [-0.25, -0.2) is 18.4 Å². The molecular weight excluding hydrogens is 352 g/mol. The molecule has 0 radical (unpaired) electrons. The first kappa shape index (κ1) is 17.4. The maximum absolute atomic E-state index is 13.0. The number of sulfonamides is 1. The molecule has 138 valence electrons. The average Bonchev–Trinajstić information content (AvgIpc) is 3.23. The van der Waals surface area contributed by atoms with Gasteiger partial charge in [-0.2, -0.15) is 4.31 Å². The van der Waals surface area contributed by atoms with Crippen LogP contribution in [0.4, 0.5) is 5.95 Å². The molecule has 0 aliphatic carbocycles. The lowest BCUT2D eigenvalue weighted by Crippen LogP contribution is -2.36. The number of nitrogens with zero attached hydrogens (tertiary/aromatic N) is 3. The lowest BCUT2D eigenvalue weighted by atomic mass is 9.97. The molecule has 1 aromatic heterocycles. The van der Waals surface area contributed by atoms with Crippen molar-refractivity contribution in [1.82, 2.24) is 14.3 Å². The second kappa shape index (κ2) is 6.61. The Morgan fingerprint density at radius 2 is 2.00 bits per heavy atom. The van der Waals surface area contributed by atoms with Gasteiger partial charge in [0.25, 0.3) is 0 Å². The minimum absolute atomic E-state index is 0.0820. The summed E-state index contributed by atoms with van der Waals surface area (Å²) in [6.07, 6.45) is 4.82. The fraction of sp³-hybridized carbons (Fsp3) is 0.444. The van der Waals surface area contributed by atoms with Crippen LogP contribution in [0.15, 0.2) is 47.6 Å². The van der Waals surface area contributed by atoms with E-state index in [0.717, 1.165) is 12.0 Å². The van der Waals surface area contributed by atoms with E-state index < -0.39 is 15.6 Å². The van der Waals surface area contributed by atoms with Crippen molar-refractivity contribution in [3.63, 3.8) is 0 Å². The van der Waals surface area contributed by atoms with Crippen LogP contribution in [0.1, 0.15) is 18.4 Å². The summed E-state index contributed by atoms with van der Waals surface area (Å²) in [5.41, 5.74) is 0.337. The highest BCUT2D eigenvalue weighted by Crippen LogP contribution is 2.38. The number of aryl methyl sites for hydroxylation is 1. The molecule has 1 N–H and O–H groups in total. The zero-order valence-corrected chi connectivity index (χ0v) is 15.4. The molecule has 2 aliphatic rings. The second-order valence-corrected chi connectivity index (χ2v) is 8.87. The Morgan fingerprint density at radius 3 is 2.77 bits per heavy atom. The molecule has 2 aromatic rings. The van der Waals surface area contributed by atoms with E-state index in [1.807, 2.05) is 19.1 Å². The summed E-state index contributed by atoms with van der Waals surface area (Å²) in [7, 11) is -3.50. The summed E-state index contributed by atoms with van der Waals surface area (Å²) in [5.74, 6) is 0.570. The smallest absolute Gasteiger partial charge is 0.243 e. The Kier molecular flexibility index (Phi) is 4.42. The Labute approximate surface area is 153 Å². The molecule has 2 aliphatic heterocycles. The predicted molar refractivity (Wildman–Crippen MR) is 97.3 cm³/mol. The first-order chi connectivity index (χ1) is 12.5. The molecule has 2 saturated heterocycles. The average molecular weight is 374 g/mol. The first-order valence-corrected chi connectivity index (χ1v) is 10.2. The van der Waals surface area contributed by atoms with Crippen molar-refractivity contribution in [2.24, 2.45) is 0 Å². The zero-order valence-electron chi connectivity index (χ0n) is 14.6. The van der Waals surface area contributed by atoms with Crippen LogP contribution in [-0.4, -0.2) is 54.0 Å². The van der Waals surface area contributed by atoms with Gasteiger partial charge in [-0.15, -0.1) is 0 Å². The third-order valence-electron chi connectivity index (χ3n) is 5.10. The number of hydrogen-bond acceptors (Lipinski definition) is 6. The Bertz CT molecular complexity index is 890. The van der Waals surface area contributed by atoms with Gasteiger partial charge in [0.15, 0.2) is 0 Å². The van der Waals surface area contributed by atoms with Crippen molar-refractivity contribution < 1.29 is 13.2 Å². The van der Waals surface area contributed by atoms with Gasteiger partial charge >= 0.3 is 0 Å². The van der Waals surface area contributed by atoms with Gasteiger partial charge < -0.3 is 10.1 Å². The standard InChI is InChI=1S/C18H22N4O3S/c1-14-5-2-3-6-16(14)26(23,24)22-10-7-18(13-22)11-15(12-25-18)21-17-19-8-4-9-20-17/h2-6,8-9,15H,7,10-13H2,1H3,(H,19,20,21)/t15-,18-/m1/s1. The maximum Gasteiger partial charge on any atom is 0.243 e. The van der Waals surface area contributed by atoms with E-state index >= 15 is 0 Å². The lowest BCUT2D eigenvalue weighted by molar-refractivity contribution is 0.0173. The number of aromatic nitrogens is 2. The van der Waals surface area contributed by atoms with Crippen LogP contribution in [0.25, 0.3) is 0 Å². The summed E-state index contributed by atoms with van der Waals surface area (Å²) in [5, 5.41) is 3.27. The SMILES string of the molecule is Cc1ccccc1S(=O)(=O)N1CC[C@@]2(C[C@@H](Nc3ncccn3)CO2)C1. The molecule has 0 amide bonds. The van der Waals surface area contributed by atoms with Crippen LogP contribution in [0.5, 0.6) is 0 Å². The monoisotopic (exact) mass is 374 g/mol. The summed E-state index contributed by atoms with van der Waals surface area (Å²) in [6, 6.07) is 8.95. The number of ether oxygens (including phenoxy) is 1. The van der Waals surface area contributed by atoms with Crippen LogP contribution < -0.4 is 5.32 Å². The van der Waals surface area contributed by atoms with E-state index in [-0.39, 0.29) is 6.04 Å². The fourth-order valence-electron chi connectivity index (χ4n) is 3.78. The number of anilines is 1. The van der Waals surface area contributed by atoms with Gasteiger partial charge in [0.05, 0.1) is 23.1 Å². The van der Waals surface area contributed by atoms with Crippen LogP contribution in [0.3, 0.4) is 0 Å². The van der Waals surface area contributed by atoms with Crippen LogP contribution in [-0.2, 0) is 14.8 Å². The maximum atomic E-state index is 13.0. The van der Waals surface area contributed by atoms with Gasteiger partial charge in [-0.1, -0.05) is 18.2 Å². The quantitative estimate of drug-likeness (QED) is 0.879. The third kappa shape index (κ3) is 3.20. The molecule has 3 heterocycles. The minimum Gasteiger partial charge on any atom is -0.371 e. The molecule has 0 unspecified atom stereocenters. The first-order valence-electron chi connectivity index (χ1n) is 8.72. The van der Waals surface area contributed by atoms with Crippen molar-refractivity contribution in [2.45, 2.75) is 36.3 Å². The van der Waals surface area contributed by atoms with Crippen molar-refractivity contribution in [3.8, 4) is 0 Å². The summed E-state index contributed by atoms with van der Waals surface area (Å²) in [4.78, 5) is 8.73. The Hall–Kier alpha value is -2.03. The third-order valence-corrected chi connectivity index (χ3v) is 7.11. The van der Waals surface area contributed by atoms with E-state index in [1.165, 1.54) is 0 Å². The predicted octanol–water partition coefficient (Wildman–Crippen LogP) is 1.82.